The van der Waals surface area contributed by atoms with Crippen LogP contribution in [0.2, 0.25) is 0 Å². The molecule has 2 aromatic rings. The van der Waals surface area contributed by atoms with Gasteiger partial charge in [0.15, 0.2) is 6.29 Å². The van der Waals surface area contributed by atoms with Gasteiger partial charge in [-0.15, -0.1) is 11.3 Å². The molecule has 3 nitrogen and oxygen atoms in total. The van der Waals surface area contributed by atoms with E-state index in [-0.39, 0.29) is 0 Å². The summed E-state index contributed by atoms with van der Waals surface area (Å²) < 4.78 is 5.30. The molecular weight excluding hydrogens is 246 g/mol. The first-order valence-electron chi connectivity index (χ1n) is 5.82. The van der Waals surface area contributed by atoms with Crippen molar-refractivity contribution in [1.29, 1.82) is 0 Å². The SMILES string of the molecule is CCc1cc(Cc2ncc(C=O)s2)ccc1OC. The maximum atomic E-state index is 10.6. The molecule has 2 rings (SSSR count). The molecular formula is C14H15NO2S. The Bertz CT molecular complexity index is 548. The fourth-order valence-electron chi connectivity index (χ4n) is 1.85. The number of benzene rings is 1. The molecule has 1 heterocycles. The van der Waals surface area contributed by atoms with Gasteiger partial charge in [0.1, 0.15) is 5.75 Å². The molecule has 18 heavy (non-hydrogen) atoms. The lowest BCUT2D eigenvalue weighted by Gasteiger charge is -2.08. The number of ether oxygens (including phenoxy) is 1. The van der Waals surface area contributed by atoms with Gasteiger partial charge in [-0.25, -0.2) is 4.98 Å². The molecule has 94 valence electrons. The summed E-state index contributed by atoms with van der Waals surface area (Å²) in [6.45, 7) is 2.11. The van der Waals surface area contributed by atoms with E-state index >= 15 is 0 Å². The smallest absolute Gasteiger partial charge is 0.161 e. The molecule has 1 aromatic carbocycles. The molecule has 0 bridgehead atoms. The third kappa shape index (κ3) is 2.76. The number of hydrogen-bond acceptors (Lipinski definition) is 4. The van der Waals surface area contributed by atoms with Crippen LogP contribution < -0.4 is 4.74 Å². The van der Waals surface area contributed by atoms with Gasteiger partial charge in [0.05, 0.1) is 17.0 Å². The molecule has 0 N–H and O–H groups in total. The van der Waals surface area contributed by atoms with Crippen LogP contribution in [0.5, 0.6) is 5.75 Å². The minimum atomic E-state index is 0.675. The molecule has 4 heteroatoms. The summed E-state index contributed by atoms with van der Waals surface area (Å²) in [5, 5.41) is 0.962. The van der Waals surface area contributed by atoms with Crippen LogP contribution in [0.15, 0.2) is 24.4 Å². The maximum absolute atomic E-state index is 10.6. The molecule has 0 radical (unpaired) electrons. The third-order valence-electron chi connectivity index (χ3n) is 2.77. The van der Waals surface area contributed by atoms with Crippen molar-refractivity contribution >= 4 is 17.6 Å². The second kappa shape index (κ2) is 5.78. The first kappa shape index (κ1) is 12.8. The zero-order chi connectivity index (χ0) is 13.0. The number of thiazole rings is 1. The van der Waals surface area contributed by atoms with Gasteiger partial charge in [-0.3, -0.25) is 4.79 Å². The molecule has 0 atom stereocenters. The van der Waals surface area contributed by atoms with E-state index < -0.39 is 0 Å². The molecule has 0 amide bonds. The standard InChI is InChI=1S/C14H15NO2S/c1-3-11-6-10(4-5-13(11)17-2)7-14-15-8-12(9-16)18-14/h4-6,8-9H,3,7H2,1-2H3. The lowest BCUT2D eigenvalue weighted by Crippen LogP contribution is -1.94. The van der Waals surface area contributed by atoms with Crippen LogP contribution >= 0.6 is 11.3 Å². The van der Waals surface area contributed by atoms with E-state index in [1.165, 1.54) is 22.5 Å². The summed E-state index contributed by atoms with van der Waals surface area (Å²) in [5.74, 6) is 0.925. The minimum Gasteiger partial charge on any atom is -0.496 e. The van der Waals surface area contributed by atoms with E-state index in [9.17, 15) is 4.79 Å². The number of carbonyl (C=O) groups is 1. The van der Waals surface area contributed by atoms with Crippen molar-refractivity contribution in [3.63, 3.8) is 0 Å². The number of rotatable bonds is 5. The Morgan fingerprint density at radius 3 is 2.89 bits per heavy atom. The molecule has 0 spiro atoms. The number of aryl methyl sites for hydroxylation is 1. The van der Waals surface area contributed by atoms with Crippen LogP contribution in [-0.4, -0.2) is 18.4 Å². The van der Waals surface area contributed by atoms with E-state index in [0.717, 1.165) is 29.9 Å². The molecule has 1 aromatic heterocycles. The zero-order valence-electron chi connectivity index (χ0n) is 10.5. The molecule has 0 unspecified atom stereocenters. The number of hydrogen-bond donors (Lipinski definition) is 0. The molecule has 0 saturated heterocycles. The Balaban J connectivity index is 2.21. The Morgan fingerprint density at radius 1 is 1.44 bits per heavy atom. The van der Waals surface area contributed by atoms with Gasteiger partial charge in [-0.1, -0.05) is 19.1 Å². The van der Waals surface area contributed by atoms with Crippen molar-refractivity contribution in [1.82, 2.24) is 4.98 Å². The van der Waals surface area contributed by atoms with Crippen LogP contribution in [0.3, 0.4) is 0 Å². The van der Waals surface area contributed by atoms with Gasteiger partial charge >= 0.3 is 0 Å². The Hall–Kier alpha value is -1.68. The van der Waals surface area contributed by atoms with E-state index in [0.29, 0.717) is 4.88 Å². The van der Waals surface area contributed by atoms with Crippen LogP contribution in [0, 0.1) is 0 Å². The monoisotopic (exact) mass is 261 g/mol. The highest BCUT2D eigenvalue weighted by atomic mass is 32.1. The first-order valence-corrected chi connectivity index (χ1v) is 6.64. The van der Waals surface area contributed by atoms with Gasteiger partial charge < -0.3 is 4.74 Å². The fourth-order valence-corrected chi connectivity index (χ4v) is 2.62. The molecule has 0 saturated carbocycles. The lowest BCUT2D eigenvalue weighted by atomic mass is 10.1. The predicted octanol–water partition coefficient (Wildman–Crippen LogP) is 3.12. The van der Waals surface area contributed by atoms with Crippen molar-refractivity contribution in [3.05, 3.63) is 45.4 Å². The maximum Gasteiger partial charge on any atom is 0.161 e. The van der Waals surface area contributed by atoms with Gasteiger partial charge in [-0.2, -0.15) is 0 Å². The van der Waals surface area contributed by atoms with E-state index in [4.69, 9.17) is 4.74 Å². The van der Waals surface area contributed by atoms with Crippen molar-refractivity contribution in [2.75, 3.05) is 7.11 Å². The topological polar surface area (TPSA) is 39.2 Å². The Morgan fingerprint density at radius 2 is 2.28 bits per heavy atom. The summed E-state index contributed by atoms with van der Waals surface area (Å²) in [5.41, 5.74) is 2.39. The summed E-state index contributed by atoms with van der Waals surface area (Å²) >= 11 is 1.44. The largest absolute Gasteiger partial charge is 0.496 e. The minimum absolute atomic E-state index is 0.675. The van der Waals surface area contributed by atoms with Crippen molar-refractivity contribution in [2.45, 2.75) is 19.8 Å². The van der Waals surface area contributed by atoms with Crippen molar-refractivity contribution < 1.29 is 9.53 Å². The second-order valence-electron chi connectivity index (χ2n) is 3.95. The van der Waals surface area contributed by atoms with Crippen LogP contribution in [0.25, 0.3) is 0 Å². The second-order valence-corrected chi connectivity index (χ2v) is 5.10. The molecule has 0 aliphatic carbocycles. The van der Waals surface area contributed by atoms with Crippen molar-refractivity contribution in [2.24, 2.45) is 0 Å². The molecule has 0 aliphatic heterocycles. The summed E-state index contributed by atoms with van der Waals surface area (Å²) in [7, 11) is 1.69. The average Bonchev–Trinajstić information content (AvgIpc) is 2.86. The highest BCUT2D eigenvalue weighted by molar-refractivity contribution is 7.13. The summed E-state index contributed by atoms with van der Waals surface area (Å²) in [4.78, 5) is 15.5. The highest BCUT2D eigenvalue weighted by Gasteiger charge is 2.06. The lowest BCUT2D eigenvalue weighted by molar-refractivity contribution is 0.112. The van der Waals surface area contributed by atoms with Gasteiger partial charge in [-0.05, 0) is 23.6 Å². The average molecular weight is 261 g/mol. The highest BCUT2D eigenvalue weighted by Crippen LogP contribution is 2.23. The summed E-state index contributed by atoms with van der Waals surface area (Å²) in [6, 6.07) is 6.17. The Labute approximate surface area is 110 Å². The molecule has 0 fully saturated rings. The van der Waals surface area contributed by atoms with Crippen LogP contribution in [0.4, 0.5) is 0 Å². The number of nitrogens with zero attached hydrogens (tertiary/aromatic N) is 1. The van der Waals surface area contributed by atoms with E-state index in [1.807, 2.05) is 12.1 Å². The number of methoxy groups -OCH3 is 1. The zero-order valence-corrected chi connectivity index (χ0v) is 11.3. The quantitative estimate of drug-likeness (QED) is 0.776. The third-order valence-corrected chi connectivity index (χ3v) is 3.69. The van der Waals surface area contributed by atoms with Gasteiger partial charge in [0.2, 0.25) is 0 Å². The first-order chi connectivity index (χ1) is 8.76. The number of aromatic nitrogens is 1. The Kier molecular flexibility index (Phi) is 4.10. The van der Waals surface area contributed by atoms with Gasteiger partial charge in [0.25, 0.3) is 0 Å². The van der Waals surface area contributed by atoms with Crippen LogP contribution in [-0.2, 0) is 12.8 Å². The van der Waals surface area contributed by atoms with Crippen molar-refractivity contribution in [3.8, 4) is 5.75 Å². The van der Waals surface area contributed by atoms with Crippen LogP contribution in [0.1, 0.15) is 32.7 Å². The summed E-state index contributed by atoms with van der Waals surface area (Å²) in [6.07, 6.45) is 4.16. The van der Waals surface area contributed by atoms with Gasteiger partial charge in [0, 0.05) is 12.6 Å². The van der Waals surface area contributed by atoms with E-state index in [1.54, 1.807) is 13.3 Å². The predicted molar refractivity (Wildman–Crippen MR) is 72.7 cm³/mol. The normalized spacial score (nSPS) is 10.3. The number of aldehydes is 1. The van der Waals surface area contributed by atoms with E-state index in [2.05, 4.69) is 18.0 Å². The molecule has 0 aliphatic rings. The fraction of sp³-hybridized carbons (Fsp3) is 0.286. The number of carbonyl (C=O) groups excluding carboxylic acids is 1.